The van der Waals surface area contributed by atoms with E-state index in [1.54, 1.807) is 0 Å². The molecular formula is C16H14BrN2+. The predicted octanol–water partition coefficient (Wildman–Crippen LogP) is 4.03. The number of rotatable bonds is 3. The van der Waals surface area contributed by atoms with Crippen molar-refractivity contribution in [3.8, 4) is 0 Å². The maximum atomic E-state index is 3.41. The second-order valence-electron chi connectivity index (χ2n) is 4.41. The van der Waals surface area contributed by atoms with Crippen LogP contribution in [0.2, 0.25) is 0 Å². The van der Waals surface area contributed by atoms with Gasteiger partial charge in [-0.15, -0.1) is 0 Å². The molecule has 0 spiro atoms. The van der Waals surface area contributed by atoms with E-state index >= 15 is 0 Å². The highest BCUT2D eigenvalue weighted by atomic mass is 79.9. The minimum atomic E-state index is 0.805. The van der Waals surface area contributed by atoms with Crippen molar-refractivity contribution in [1.29, 1.82) is 0 Å². The van der Waals surface area contributed by atoms with E-state index in [-0.39, 0.29) is 0 Å². The number of fused-ring (bicyclic) bond motifs is 1. The topological polar surface area (TPSA) is 26.2 Å². The highest BCUT2D eigenvalue weighted by molar-refractivity contribution is 9.10. The maximum absolute atomic E-state index is 3.41. The van der Waals surface area contributed by atoms with Crippen molar-refractivity contribution in [3.05, 3.63) is 70.8 Å². The van der Waals surface area contributed by atoms with Gasteiger partial charge in [0.15, 0.2) is 0 Å². The summed E-state index contributed by atoms with van der Waals surface area (Å²) in [4.78, 5) is 3.20. The standard InChI is InChI=1S/C16H13BrN2/c17-14-8-9-16(19-11-14)18-10-13-6-3-5-12-4-1-2-7-15(12)13/h1-9,11H,10H2,(H,18,19)/p+1. The van der Waals surface area contributed by atoms with E-state index in [4.69, 9.17) is 0 Å². The molecule has 2 N–H and O–H groups in total. The summed E-state index contributed by atoms with van der Waals surface area (Å²) in [7, 11) is 0. The quantitative estimate of drug-likeness (QED) is 0.776. The number of halogens is 1. The van der Waals surface area contributed by atoms with Crippen LogP contribution < -0.4 is 10.3 Å². The van der Waals surface area contributed by atoms with Gasteiger partial charge in [-0.3, -0.25) is 5.32 Å². The molecule has 3 heteroatoms. The molecule has 1 aromatic heterocycles. The molecule has 0 aliphatic heterocycles. The van der Waals surface area contributed by atoms with Gasteiger partial charge in [0.2, 0.25) is 0 Å². The van der Waals surface area contributed by atoms with Crippen LogP contribution in [0.1, 0.15) is 5.56 Å². The lowest BCUT2D eigenvalue weighted by Gasteiger charge is -2.04. The van der Waals surface area contributed by atoms with E-state index in [1.807, 2.05) is 18.3 Å². The predicted molar refractivity (Wildman–Crippen MR) is 82.0 cm³/mol. The molecule has 2 aromatic carbocycles. The van der Waals surface area contributed by atoms with Crippen molar-refractivity contribution in [3.63, 3.8) is 0 Å². The second-order valence-corrected chi connectivity index (χ2v) is 5.33. The number of aromatic nitrogens is 1. The zero-order chi connectivity index (χ0) is 13.1. The molecule has 1 heterocycles. The Morgan fingerprint density at radius 3 is 2.63 bits per heavy atom. The SMILES string of the molecule is Brc1ccc(NCc2cccc3ccccc23)[nH+]c1. The Labute approximate surface area is 120 Å². The third-order valence-corrected chi connectivity index (χ3v) is 3.62. The van der Waals surface area contributed by atoms with Gasteiger partial charge in [0, 0.05) is 11.6 Å². The third kappa shape index (κ3) is 2.76. The minimum absolute atomic E-state index is 0.805. The van der Waals surface area contributed by atoms with E-state index in [0.29, 0.717) is 0 Å². The zero-order valence-electron chi connectivity index (χ0n) is 10.4. The van der Waals surface area contributed by atoms with Gasteiger partial charge < -0.3 is 0 Å². The zero-order valence-corrected chi connectivity index (χ0v) is 11.9. The molecule has 0 aliphatic rings. The minimum Gasteiger partial charge on any atom is -0.270 e. The average molecular weight is 314 g/mol. The lowest BCUT2D eigenvalue weighted by atomic mass is 10.0. The van der Waals surface area contributed by atoms with Gasteiger partial charge in [0.05, 0.1) is 4.47 Å². The molecule has 3 rings (SSSR count). The van der Waals surface area contributed by atoms with Crippen LogP contribution in [0.15, 0.2) is 65.3 Å². The van der Waals surface area contributed by atoms with Gasteiger partial charge in [-0.1, -0.05) is 42.5 Å². The van der Waals surface area contributed by atoms with Crippen molar-refractivity contribution < 1.29 is 4.98 Å². The van der Waals surface area contributed by atoms with Gasteiger partial charge in [-0.25, -0.2) is 4.98 Å². The van der Waals surface area contributed by atoms with Crippen molar-refractivity contribution in [2.24, 2.45) is 0 Å². The normalized spacial score (nSPS) is 10.6. The fraction of sp³-hybridized carbons (Fsp3) is 0.0625. The van der Waals surface area contributed by atoms with Crippen LogP contribution in [0.5, 0.6) is 0 Å². The number of nitrogens with one attached hydrogen (secondary N) is 2. The van der Waals surface area contributed by atoms with Crippen LogP contribution >= 0.6 is 15.9 Å². The molecule has 0 amide bonds. The molecular weight excluding hydrogens is 300 g/mol. The van der Waals surface area contributed by atoms with Crippen LogP contribution in [0.4, 0.5) is 5.82 Å². The number of anilines is 1. The molecule has 3 aromatic rings. The molecule has 2 nitrogen and oxygen atoms in total. The first kappa shape index (κ1) is 12.2. The lowest BCUT2D eigenvalue weighted by molar-refractivity contribution is -0.362. The summed E-state index contributed by atoms with van der Waals surface area (Å²) in [5.74, 6) is 1.01. The summed E-state index contributed by atoms with van der Waals surface area (Å²) in [6.07, 6.45) is 1.92. The van der Waals surface area contributed by atoms with Gasteiger partial charge in [-0.05, 0) is 32.8 Å². The van der Waals surface area contributed by atoms with Crippen LogP contribution in [-0.2, 0) is 6.54 Å². The fourth-order valence-corrected chi connectivity index (χ4v) is 2.40. The van der Waals surface area contributed by atoms with E-state index in [1.165, 1.54) is 16.3 Å². The number of benzene rings is 2. The Hall–Kier alpha value is -1.87. The van der Waals surface area contributed by atoms with Crippen molar-refractivity contribution >= 4 is 32.5 Å². The molecule has 94 valence electrons. The first-order valence-corrected chi connectivity index (χ1v) is 7.00. The second kappa shape index (κ2) is 5.41. The fourth-order valence-electron chi connectivity index (χ4n) is 2.15. The largest absolute Gasteiger partial charge is 0.272 e. The van der Waals surface area contributed by atoms with E-state index in [2.05, 4.69) is 68.7 Å². The van der Waals surface area contributed by atoms with Crippen LogP contribution in [0.3, 0.4) is 0 Å². The lowest BCUT2D eigenvalue weighted by Crippen LogP contribution is -2.12. The Morgan fingerprint density at radius 2 is 1.79 bits per heavy atom. The maximum Gasteiger partial charge on any atom is 0.272 e. The van der Waals surface area contributed by atoms with E-state index in [0.717, 1.165) is 16.8 Å². The number of hydrogen-bond donors (Lipinski definition) is 1. The Morgan fingerprint density at radius 1 is 0.947 bits per heavy atom. The first-order valence-electron chi connectivity index (χ1n) is 6.21. The highest BCUT2D eigenvalue weighted by Crippen LogP contribution is 2.19. The van der Waals surface area contributed by atoms with Crippen molar-refractivity contribution in [2.45, 2.75) is 6.54 Å². The average Bonchev–Trinajstić information content (AvgIpc) is 2.47. The molecule has 19 heavy (non-hydrogen) atoms. The first-order chi connectivity index (χ1) is 9.33. The van der Waals surface area contributed by atoms with Crippen molar-refractivity contribution in [1.82, 2.24) is 0 Å². The van der Waals surface area contributed by atoms with Gasteiger partial charge in [-0.2, -0.15) is 0 Å². The molecule has 0 radical (unpaired) electrons. The number of H-pyrrole nitrogens is 1. The molecule has 0 saturated carbocycles. The smallest absolute Gasteiger partial charge is 0.270 e. The van der Waals surface area contributed by atoms with E-state index in [9.17, 15) is 0 Å². The molecule has 0 bridgehead atoms. The highest BCUT2D eigenvalue weighted by Gasteiger charge is 2.04. The number of pyridine rings is 1. The molecule has 0 atom stereocenters. The summed E-state index contributed by atoms with van der Waals surface area (Å²) in [6, 6.07) is 18.9. The van der Waals surface area contributed by atoms with Crippen molar-refractivity contribution in [2.75, 3.05) is 5.32 Å². The molecule has 0 fully saturated rings. The summed E-state index contributed by atoms with van der Waals surface area (Å²) in [6.45, 7) is 0.805. The number of aromatic amines is 1. The molecule has 0 unspecified atom stereocenters. The molecule has 0 saturated heterocycles. The Balaban J connectivity index is 1.84. The van der Waals surface area contributed by atoms with Gasteiger partial charge in [0.1, 0.15) is 12.7 Å². The summed E-state index contributed by atoms with van der Waals surface area (Å²) >= 11 is 3.41. The van der Waals surface area contributed by atoms with E-state index < -0.39 is 0 Å². The monoisotopic (exact) mass is 313 g/mol. The Kier molecular flexibility index (Phi) is 3.47. The van der Waals surface area contributed by atoms with Crippen LogP contribution in [-0.4, -0.2) is 0 Å². The molecule has 0 aliphatic carbocycles. The van der Waals surface area contributed by atoms with Gasteiger partial charge in [0.25, 0.3) is 5.82 Å². The summed E-state index contributed by atoms with van der Waals surface area (Å²) in [5.41, 5.74) is 1.30. The van der Waals surface area contributed by atoms with Gasteiger partial charge >= 0.3 is 0 Å². The van der Waals surface area contributed by atoms with Crippen LogP contribution in [0, 0.1) is 0 Å². The third-order valence-electron chi connectivity index (χ3n) is 3.12. The summed E-state index contributed by atoms with van der Waals surface area (Å²) < 4.78 is 1.04. The summed E-state index contributed by atoms with van der Waals surface area (Å²) in [5, 5.41) is 5.98. The van der Waals surface area contributed by atoms with Crippen LogP contribution in [0.25, 0.3) is 10.8 Å². The Bertz CT molecular complexity index is 687. The number of hydrogen-bond acceptors (Lipinski definition) is 1.